The fourth-order valence-electron chi connectivity index (χ4n) is 4.09. The summed E-state index contributed by atoms with van der Waals surface area (Å²) in [5.41, 5.74) is 6.76. The molecule has 7 nitrogen and oxygen atoms in total. The number of hydrogen-bond donors (Lipinski definition) is 2. The zero-order valence-corrected chi connectivity index (χ0v) is 17.5. The number of ether oxygens (including phenoxy) is 1. The van der Waals surface area contributed by atoms with Crippen molar-refractivity contribution in [3.63, 3.8) is 0 Å². The molecule has 0 saturated heterocycles. The molecule has 4 heterocycles. The molecule has 0 amide bonds. The predicted molar refractivity (Wildman–Crippen MR) is 124 cm³/mol. The number of aromatic amines is 2. The molecule has 6 aromatic rings. The molecule has 0 aliphatic carbocycles. The van der Waals surface area contributed by atoms with Crippen molar-refractivity contribution in [3.8, 4) is 39.4 Å². The van der Waals surface area contributed by atoms with E-state index in [4.69, 9.17) is 4.74 Å². The largest absolute Gasteiger partial charge is 0.497 e. The van der Waals surface area contributed by atoms with Crippen molar-refractivity contribution in [1.29, 1.82) is 0 Å². The van der Waals surface area contributed by atoms with Gasteiger partial charge in [-0.05, 0) is 41.5 Å². The van der Waals surface area contributed by atoms with E-state index >= 15 is 0 Å². The molecule has 0 spiro atoms. The maximum absolute atomic E-state index is 14.1. The third-order valence-corrected chi connectivity index (χ3v) is 5.68. The summed E-state index contributed by atoms with van der Waals surface area (Å²) in [5, 5.41) is 9.52. The van der Waals surface area contributed by atoms with Crippen LogP contribution in [0, 0.1) is 5.82 Å². The van der Waals surface area contributed by atoms with Crippen LogP contribution in [0.2, 0.25) is 0 Å². The molecule has 160 valence electrons. The quantitative estimate of drug-likeness (QED) is 0.387. The highest BCUT2D eigenvalue weighted by atomic mass is 19.1. The number of methoxy groups -OCH3 is 1. The van der Waals surface area contributed by atoms with Crippen LogP contribution >= 0.6 is 0 Å². The van der Waals surface area contributed by atoms with E-state index in [1.807, 2.05) is 18.2 Å². The van der Waals surface area contributed by atoms with Crippen molar-refractivity contribution in [2.75, 3.05) is 7.11 Å². The number of pyridine rings is 1. The fraction of sp³-hybridized carbons (Fsp3) is 0.0400. The number of rotatable bonds is 4. The topological polar surface area (TPSA) is 92.4 Å². The minimum atomic E-state index is -0.368. The van der Waals surface area contributed by atoms with Gasteiger partial charge >= 0.3 is 0 Å². The van der Waals surface area contributed by atoms with Crippen LogP contribution in [0.15, 0.2) is 73.6 Å². The van der Waals surface area contributed by atoms with Gasteiger partial charge in [-0.1, -0.05) is 6.07 Å². The number of aromatic nitrogens is 6. The van der Waals surface area contributed by atoms with Crippen LogP contribution in [-0.4, -0.2) is 37.2 Å². The summed E-state index contributed by atoms with van der Waals surface area (Å²) in [6.45, 7) is 0. The lowest BCUT2D eigenvalue weighted by atomic mass is 10.0. The molecule has 2 N–H and O–H groups in total. The zero-order valence-electron chi connectivity index (χ0n) is 17.5. The summed E-state index contributed by atoms with van der Waals surface area (Å²) in [5.74, 6) is 0.0845. The van der Waals surface area contributed by atoms with E-state index in [0.717, 1.165) is 49.9 Å². The monoisotopic (exact) mass is 436 g/mol. The van der Waals surface area contributed by atoms with Crippen LogP contribution in [0.4, 0.5) is 4.39 Å². The lowest BCUT2D eigenvalue weighted by molar-refractivity contribution is 0.411. The molecule has 2 aromatic carbocycles. The van der Waals surface area contributed by atoms with Crippen molar-refractivity contribution in [2.24, 2.45) is 0 Å². The van der Waals surface area contributed by atoms with Crippen molar-refractivity contribution in [3.05, 3.63) is 79.4 Å². The van der Waals surface area contributed by atoms with Crippen LogP contribution < -0.4 is 4.74 Å². The van der Waals surface area contributed by atoms with E-state index in [1.54, 1.807) is 30.9 Å². The van der Waals surface area contributed by atoms with E-state index in [1.165, 1.54) is 25.6 Å². The standard InChI is InChI=1S/C25H17FN6O/c1-33-18-5-15(4-17(26)7-18)21-11-27-12-24-19(21)8-23(30-24)25-20-6-14(2-3-22(20)31-32-25)16-9-28-13-29-10-16/h2-13,30H,1H3,(H,31,32). The molecule has 4 aromatic heterocycles. The summed E-state index contributed by atoms with van der Waals surface area (Å²) >= 11 is 0. The zero-order chi connectivity index (χ0) is 22.4. The van der Waals surface area contributed by atoms with Gasteiger partial charge in [0.25, 0.3) is 0 Å². The Hall–Kier alpha value is -4.59. The SMILES string of the molecule is COc1cc(F)cc(-c2cncc3[nH]c(-c4n[nH]c5ccc(-c6cncnc6)cc45)cc23)c1. The molecule has 0 aliphatic rings. The molecule has 0 saturated carbocycles. The van der Waals surface area contributed by atoms with Crippen LogP contribution in [0.3, 0.4) is 0 Å². The van der Waals surface area contributed by atoms with Gasteiger partial charge in [0.15, 0.2) is 0 Å². The second-order valence-corrected chi connectivity index (χ2v) is 7.67. The van der Waals surface area contributed by atoms with Crippen molar-refractivity contribution >= 4 is 21.8 Å². The summed E-state index contributed by atoms with van der Waals surface area (Å²) in [6, 6.07) is 12.7. The number of benzene rings is 2. The molecule has 33 heavy (non-hydrogen) atoms. The van der Waals surface area contributed by atoms with E-state index in [9.17, 15) is 4.39 Å². The average molecular weight is 436 g/mol. The van der Waals surface area contributed by atoms with Crippen LogP contribution in [0.1, 0.15) is 0 Å². The predicted octanol–water partition coefficient (Wildman–Crippen LogP) is 5.38. The van der Waals surface area contributed by atoms with Crippen LogP contribution in [0.25, 0.3) is 55.4 Å². The molecule has 6 rings (SSSR count). The molecule has 0 atom stereocenters. The number of fused-ring (bicyclic) bond motifs is 2. The first-order valence-corrected chi connectivity index (χ1v) is 10.2. The molecule has 0 aliphatic heterocycles. The molecule has 0 fully saturated rings. The van der Waals surface area contributed by atoms with Gasteiger partial charge in [-0.15, -0.1) is 0 Å². The molecular weight excluding hydrogens is 419 g/mol. The second kappa shape index (κ2) is 7.52. The minimum Gasteiger partial charge on any atom is -0.497 e. The van der Waals surface area contributed by atoms with Crippen LogP contribution in [-0.2, 0) is 0 Å². The molecule has 0 unspecified atom stereocenters. The summed E-state index contributed by atoms with van der Waals surface area (Å²) in [6.07, 6.45) is 8.55. The van der Waals surface area contributed by atoms with Gasteiger partial charge < -0.3 is 9.72 Å². The van der Waals surface area contributed by atoms with E-state index < -0.39 is 0 Å². The Morgan fingerprint density at radius 3 is 2.52 bits per heavy atom. The van der Waals surface area contributed by atoms with Gasteiger partial charge in [0, 0.05) is 46.6 Å². The third kappa shape index (κ3) is 3.28. The first-order chi connectivity index (χ1) is 16.2. The Bertz CT molecular complexity index is 1620. The number of H-pyrrole nitrogens is 2. The molecule has 8 heteroatoms. The maximum atomic E-state index is 14.1. The number of hydrogen-bond acceptors (Lipinski definition) is 5. The second-order valence-electron chi connectivity index (χ2n) is 7.67. The lowest BCUT2D eigenvalue weighted by Crippen LogP contribution is -1.88. The Labute approximate surface area is 187 Å². The Balaban J connectivity index is 1.50. The Morgan fingerprint density at radius 2 is 1.67 bits per heavy atom. The number of nitrogens with one attached hydrogen (secondary N) is 2. The average Bonchev–Trinajstić information content (AvgIpc) is 3.47. The van der Waals surface area contributed by atoms with Crippen molar-refractivity contribution in [2.45, 2.75) is 0 Å². The number of nitrogens with zero attached hydrogens (tertiary/aromatic N) is 4. The highest BCUT2D eigenvalue weighted by Gasteiger charge is 2.15. The van der Waals surface area contributed by atoms with E-state index in [0.29, 0.717) is 11.3 Å². The van der Waals surface area contributed by atoms with Crippen LogP contribution in [0.5, 0.6) is 5.75 Å². The summed E-state index contributed by atoms with van der Waals surface area (Å²) in [7, 11) is 1.52. The molecule has 0 radical (unpaired) electrons. The van der Waals surface area contributed by atoms with Gasteiger partial charge in [-0.3, -0.25) is 10.1 Å². The molecule has 0 bridgehead atoms. The van der Waals surface area contributed by atoms with E-state index in [2.05, 4.69) is 36.2 Å². The van der Waals surface area contributed by atoms with Gasteiger partial charge in [0.2, 0.25) is 0 Å². The molecular formula is C25H17FN6O. The maximum Gasteiger partial charge on any atom is 0.127 e. The van der Waals surface area contributed by atoms with E-state index in [-0.39, 0.29) is 5.82 Å². The Kier molecular flexibility index (Phi) is 4.36. The van der Waals surface area contributed by atoms with Crippen molar-refractivity contribution < 1.29 is 9.13 Å². The van der Waals surface area contributed by atoms with Gasteiger partial charge in [0.05, 0.1) is 30.0 Å². The highest BCUT2D eigenvalue weighted by molar-refractivity contribution is 6.01. The normalized spacial score (nSPS) is 11.3. The Morgan fingerprint density at radius 1 is 0.788 bits per heavy atom. The number of halogens is 1. The van der Waals surface area contributed by atoms with Gasteiger partial charge in [0.1, 0.15) is 23.6 Å². The smallest absolute Gasteiger partial charge is 0.127 e. The third-order valence-electron chi connectivity index (χ3n) is 5.68. The van der Waals surface area contributed by atoms with Gasteiger partial charge in [-0.2, -0.15) is 5.10 Å². The first kappa shape index (κ1) is 19.1. The summed E-state index contributed by atoms with van der Waals surface area (Å²) < 4.78 is 19.4. The fourth-order valence-corrected chi connectivity index (χ4v) is 4.09. The first-order valence-electron chi connectivity index (χ1n) is 10.2. The minimum absolute atomic E-state index is 0.368. The lowest BCUT2D eigenvalue weighted by Gasteiger charge is -2.06. The highest BCUT2D eigenvalue weighted by Crippen LogP contribution is 2.35. The summed E-state index contributed by atoms with van der Waals surface area (Å²) in [4.78, 5) is 16.0. The van der Waals surface area contributed by atoms with Crippen molar-refractivity contribution in [1.82, 2.24) is 30.1 Å². The van der Waals surface area contributed by atoms with Gasteiger partial charge in [-0.25, -0.2) is 14.4 Å².